The van der Waals surface area contributed by atoms with Crippen LogP contribution < -0.4 is 14.8 Å². The minimum absolute atomic E-state index is 0.323. The quantitative estimate of drug-likeness (QED) is 0.364. The van der Waals surface area contributed by atoms with Crippen molar-refractivity contribution in [1.82, 2.24) is 0 Å². The molecule has 0 spiro atoms. The van der Waals surface area contributed by atoms with Crippen molar-refractivity contribution in [2.24, 2.45) is 0 Å². The zero-order chi connectivity index (χ0) is 22.7. The monoisotopic (exact) mass is 431 g/mol. The number of carbonyl (C=O) groups is 1. The van der Waals surface area contributed by atoms with Crippen LogP contribution in [-0.2, 0) is 4.79 Å². The largest absolute Gasteiger partial charge is 0.497 e. The molecule has 1 aromatic heterocycles. The Kier molecular flexibility index (Phi) is 5.94. The zero-order valence-electron chi connectivity index (χ0n) is 17.9. The first kappa shape index (κ1) is 21.2. The molecule has 162 valence electrons. The molecule has 1 heterocycles. The van der Waals surface area contributed by atoms with Gasteiger partial charge in [-0.25, -0.2) is 4.39 Å². The number of amides is 1. The van der Waals surface area contributed by atoms with Gasteiger partial charge in [0, 0.05) is 34.3 Å². The third-order valence-corrected chi connectivity index (χ3v) is 5.16. The van der Waals surface area contributed by atoms with Gasteiger partial charge in [-0.2, -0.15) is 0 Å². The molecule has 5 nitrogen and oxygen atoms in total. The summed E-state index contributed by atoms with van der Waals surface area (Å²) in [5.41, 5.74) is 4.52. The van der Waals surface area contributed by atoms with Crippen LogP contribution in [0.2, 0.25) is 0 Å². The van der Waals surface area contributed by atoms with Gasteiger partial charge in [0.1, 0.15) is 22.9 Å². The predicted molar refractivity (Wildman–Crippen MR) is 123 cm³/mol. The molecule has 0 unspecified atom stereocenters. The van der Waals surface area contributed by atoms with Gasteiger partial charge >= 0.3 is 0 Å². The maximum absolute atomic E-state index is 13.1. The lowest BCUT2D eigenvalue weighted by Gasteiger charge is -2.10. The number of hydrogen-bond acceptors (Lipinski definition) is 4. The summed E-state index contributed by atoms with van der Waals surface area (Å²) >= 11 is 0. The van der Waals surface area contributed by atoms with E-state index in [-0.39, 0.29) is 11.7 Å². The van der Waals surface area contributed by atoms with Gasteiger partial charge in [-0.05, 0) is 60.5 Å². The van der Waals surface area contributed by atoms with Crippen molar-refractivity contribution in [3.8, 4) is 22.6 Å². The molecule has 0 atom stereocenters. The van der Waals surface area contributed by atoms with Gasteiger partial charge in [0.15, 0.2) is 0 Å². The van der Waals surface area contributed by atoms with Crippen LogP contribution in [0.1, 0.15) is 12.5 Å². The SMILES string of the molecule is COc1cccc(-c2coc3cc(OC)c(/C(C)=C/C(=O)Nc4ccc(F)cc4)cc23)c1. The Morgan fingerprint density at radius 3 is 2.53 bits per heavy atom. The third kappa shape index (κ3) is 4.34. The van der Waals surface area contributed by atoms with E-state index >= 15 is 0 Å². The Hall–Kier alpha value is -4.06. The molecule has 0 aliphatic rings. The minimum Gasteiger partial charge on any atom is -0.497 e. The molecule has 0 bridgehead atoms. The molecule has 0 saturated carbocycles. The van der Waals surface area contributed by atoms with Crippen LogP contribution in [0.15, 0.2) is 77.4 Å². The second-order valence-electron chi connectivity index (χ2n) is 7.25. The molecular formula is C26H22FNO4. The summed E-state index contributed by atoms with van der Waals surface area (Å²) in [6, 6.07) is 17.1. The van der Waals surface area contributed by atoms with Crippen molar-refractivity contribution in [1.29, 1.82) is 0 Å². The second kappa shape index (κ2) is 8.98. The Balaban J connectivity index is 1.71. The maximum Gasteiger partial charge on any atom is 0.248 e. The first-order valence-electron chi connectivity index (χ1n) is 9.97. The van der Waals surface area contributed by atoms with Crippen LogP contribution in [0.5, 0.6) is 11.5 Å². The van der Waals surface area contributed by atoms with E-state index in [1.807, 2.05) is 43.3 Å². The summed E-state index contributed by atoms with van der Waals surface area (Å²) in [6.45, 7) is 1.83. The van der Waals surface area contributed by atoms with E-state index in [9.17, 15) is 9.18 Å². The number of hydrogen-bond donors (Lipinski definition) is 1. The predicted octanol–water partition coefficient (Wildman–Crippen LogP) is 6.30. The summed E-state index contributed by atoms with van der Waals surface area (Å²) in [4.78, 5) is 12.5. The number of rotatable bonds is 6. The number of fused-ring (bicyclic) bond motifs is 1. The lowest BCUT2D eigenvalue weighted by molar-refractivity contribution is -0.111. The molecular weight excluding hydrogens is 409 g/mol. The Morgan fingerprint density at radius 1 is 1.03 bits per heavy atom. The molecule has 32 heavy (non-hydrogen) atoms. The number of carbonyl (C=O) groups excluding carboxylic acids is 1. The van der Waals surface area contributed by atoms with Gasteiger partial charge < -0.3 is 19.2 Å². The number of furan rings is 1. The number of benzene rings is 3. The molecule has 1 amide bonds. The van der Waals surface area contributed by atoms with Crippen molar-refractivity contribution in [3.05, 3.63) is 84.4 Å². The van der Waals surface area contributed by atoms with E-state index < -0.39 is 0 Å². The van der Waals surface area contributed by atoms with E-state index in [1.54, 1.807) is 20.5 Å². The fourth-order valence-corrected chi connectivity index (χ4v) is 3.53. The number of methoxy groups -OCH3 is 2. The van der Waals surface area contributed by atoms with E-state index in [2.05, 4.69) is 5.32 Å². The molecule has 3 aromatic carbocycles. The van der Waals surface area contributed by atoms with E-state index in [4.69, 9.17) is 13.9 Å². The number of halogens is 1. The van der Waals surface area contributed by atoms with Crippen molar-refractivity contribution in [2.75, 3.05) is 19.5 Å². The average Bonchev–Trinajstić information content (AvgIpc) is 3.22. The molecule has 0 aliphatic heterocycles. The van der Waals surface area contributed by atoms with Gasteiger partial charge in [0.05, 0.1) is 20.5 Å². The number of nitrogens with one attached hydrogen (secondary N) is 1. The third-order valence-electron chi connectivity index (χ3n) is 5.16. The fourth-order valence-electron chi connectivity index (χ4n) is 3.53. The van der Waals surface area contributed by atoms with Crippen LogP contribution in [0.25, 0.3) is 27.7 Å². The van der Waals surface area contributed by atoms with Crippen molar-refractivity contribution in [2.45, 2.75) is 6.92 Å². The van der Waals surface area contributed by atoms with E-state index in [0.29, 0.717) is 22.6 Å². The highest BCUT2D eigenvalue weighted by molar-refractivity contribution is 6.05. The summed E-state index contributed by atoms with van der Waals surface area (Å²) in [5, 5.41) is 3.62. The Bertz CT molecular complexity index is 1310. The van der Waals surface area contributed by atoms with Gasteiger partial charge in [-0.15, -0.1) is 0 Å². The van der Waals surface area contributed by atoms with Crippen molar-refractivity contribution >= 4 is 28.1 Å². The lowest BCUT2D eigenvalue weighted by Crippen LogP contribution is -2.08. The van der Waals surface area contributed by atoms with Gasteiger partial charge in [0.25, 0.3) is 0 Å². The Labute approximate surface area is 185 Å². The van der Waals surface area contributed by atoms with Gasteiger partial charge in [-0.1, -0.05) is 12.1 Å². The molecule has 0 fully saturated rings. The molecule has 0 aliphatic carbocycles. The fraction of sp³-hybridized carbons (Fsp3) is 0.115. The summed E-state index contributed by atoms with van der Waals surface area (Å²) in [6.07, 6.45) is 3.18. The lowest BCUT2D eigenvalue weighted by atomic mass is 9.99. The number of allylic oxidation sites excluding steroid dienone is 1. The molecule has 0 saturated heterocycles. The smallest absolute Gasteiger partial charge is 0.248 e. The average molecular weight is 431 g/mol. The maximum atomic E-state index is 13.1. The summed E-state index contributed by atoms with van der Waals surface area (Å²) in [7, 11) is 3.20. The summed E-state index contributed by atoms with van der Waals surface area (Å²) < 4.78 is 29.7. The molecule has 1 N–H and O–H groups in total. The standard InChI is InChI=1S/C26H22FNO4/c1-16(11-26(29)28-19-9-7-18(27)8-10-19)21-13-22-23(15-32-25(22)14-24(21)31-3)17-5-4-6-20(12-17)30-2/h4-15H,1-3H3,(H,28,29)/b16-11+. The summed E-state index contributed by atoms with van der Waals surface area (Å²) in [5.74, 6) is 0.655. The topological polar surface area (TPSA) is 60.7 Å². The number of ether oxygens (including phenoxy) is 2. The molecule has 4 rings (SSSR count). The molecule has 4 aromatic rings. The van der Waals surface area contributed by atoms with Crippen LogP contribution in [0.3, 0.4) is 0 Å². The van der Waals surface area contributed by atoms with Crippen LogP contribution in [-0.4, -0.2) is 20.1 Å². The van der Waals surface area contributed by atoms with Crippen LogP contribution in [0.4, 0.5) is 10.1 Å². The molecule has 6 heteroatoms. The first-order chi connectivity index (χ1) is 15.5. The van der Waals surface area contributed by atoms with Gasteiger partial charge in [0.2, 0.25) is 5.91 Å². The zero-order valence-corrected chi connectivity index (χ0v) is 17.9. The minimum atomic E-state index is -0.361. The first-order valence-corrected chi connectivity index (χ1v) is 9.97. The number of anilines is 1. The highest BCUT2D eigenvalue weighted by atomic mass is 19.1. The molecule has 0 radical (unpaired) electrons. The Morgan fingerprint density at radius 2 is 1.81 bits per heavy atom. The van der Waals surface area contributed by atoms with Crippen molar-refractivity contribution in [3.63, 3.8) is 0 Å². The van der Waals surface area contributed by atoms with Crippen LogP contribution in [0, 0.1) is 5.82 Å². The normalized spacial score (nSPS) is 11.4. The highest BCUT2D eigenvalue weighted by Gasteiger charge is 2.15. The van der Waals surface area contributed by atoms with Crippen LogP contribution >= 0.6 is 0 Å². The van der Waals surface area contributed by atoms with E-state index in [0.717, 1.165) is 27.8 Å². The highest BCUT2D eigenvalue weighted by Crippen LogP contribution is 2.38. The van der Waals surface area contributed by atoms with Gasteiger partial charge in [-0.3, -0.25) is 4.79 Å². The second-order valence-corrected chi connectivity index (χ2v) is 7.25. The van der Waals surface area contributed by atoms with E-state index in [1.165, 1.54) is 30.3 Å². The van der Waals surface area contributed by atoms with Crippen molar-refractivity contribution < 1.29 is 23.1 Å².